The highest BCUT2D eigenvalue weighted by atomic mass is 16.5. The van der Waals surface area contributed by atoms with Gasteiger partial charge in [-0.25, -0.2) is 0 Å². The maximum Gasteiger partial charge on any atom is 0.0641 e. The number of hydrogen-bond donors (Lipinski definition) is 1. The minimum absolute atomic E-state index is 0.721. The van der Waals surface area contributed by atoms with Gasteiger partial charge in [-0.3, -0.25) is 0 Å². The van der Waals surface area contributed by atoms with Crippen LogP contribution in [0.25, 0.3) is 10.9 Å². The number of hydrogen-bond acceptors (Lipinski definition) is 2. The minimum atomic E-state index is 0.721. The molecule has 2 N–H and O–H groups in total. The van der Waals surface area contributed by atoms with E-state index in [0.29, 0.717) is 0 Å². The Morgan fingerprint density at radius 3 is 2.69 bits per heavy atom. The van der Waals surface area contributed by atoms with E-state index >= 15 is 0 Å². The van der Waals surface area contributed by atoms with Gasteiger partial charge in [-0.2, -0.15) is 0 Å². The van der Waals surface area contributed by atoms with Gasteiger partial charge in [-0.05, 0) is 18.2 Å². The molecule has 88 valence electrons. The quantitative estimate of drug-likeness (QED) is 0.808. The molecular formula is C13H20N2O. The molecule has 2 rings (SSSR count). The summed E-state index contributed by atoms with van der Waals surface area (Å²) in [5.74, 6) is 0. The molecule has 0 aliphatic carbocycles. The molecule has 3 heteroatoms. The minimum Gasteiger partial charge on any atom is -0.398 e. The van der Waals surface area contributed by atoms with E-state index in [1.54, 1.807) is 7.11 Å². The fourth-order valence-corrected chi connectivity index (χ4v) is 1.63. The Bertz CT molecular complexity index is 434. The summed E-state index contributed by atoms with van der Waals surface area (Å²) >= 11 is 0. The van der Waals surface area contributed by atoms with Gasteiger partial charge >= 0.3 is 0 Å². The van der Waals surface area contributed by atoms with E-state index in [2.05, 4.69) is 10.6 Å². The molecule has 1 heterocycles. The number of benzene rings is 1. The second-order valence-electron chi connectivity index (χ2n) is 3.28. The highest BCUT2D eigenvalue weighted by molar-refractivity contribution is 5.91. The smallest absolute Gasteiger partial charge is 0.0641 e. The van der Waals surface area contributed by atoms with Gasteiger partial charge in [0.1, 0.15) is 0 Å². The SMILES string of the molecule is CC.COCCn1ccc2c(N)cccc21. The lowest BCUT2D eigenvalue weighted by atomic mass is 10.2. The van der Waals surface area contributed by atoms with E-state index in [9.17, 15) is 0 Å². The molecule has 1 aromatic heterocycles. The van der Waals surface area contributed by atoms with Crippen LogP contribution in [-0.2, 0) is 11.3 Å². The standard InChI is InChI=1S/C11H14N2O.C2H6/c1-14-8-7-13-6-5-9-10(12)3-2-4-11(9)13;1-2/h2-6H,7-8,12H2,1H3;1-2H3. The Balaban J connectivity index is 0.000000606. The highest BCUT2D eigenvalue weighted by Gasteiger charge is 2.02. The third-order valence-corrected chi connectivity index (χ3v) is 2.38. The Morgan fingerprint density at radius 2 is 2.00 bits per heavy atom. The molecule has 0 saturated carbocycles. The number of ether oxygens (including phenoxy) is 1. The number of nitrogens with two attached hydrogens (primary N) is 1. The fraction of sp³-hybridized carbons (Fsp3) is 0.385. The van der Waals surface area contributed by atoms with Crippen LogP contribution < -0.4 is 5.73 Å². The van der Waals surface area contributed by atoms with Crippen molar-refractivity contribution < 1.29 is 4.74 Å². The molecular weight excluding hydrogens is 200 g/mol. The van der Waals surface area contributed by atoms with Crippen LogP contribution in [0.4, 0.5) is 5.69 Å². The molecule has 1 aromatic carbocycles. The van der Waals surface area contributed by atoms with E-state index in [4.69, 9.17) is 10.5 Å². The molecule has 2 aromatic rings. The van der Waals surface area contributed by atoms with Crippen molar-refractivity contribution in [3.63, 3.8) is 0 Å². The molecule has 0 spiro atoms. The van der Waals surface area contributed by atoms with Gasteiger partial charge in [0.2, 0.25) is 0 Å². The van der Waals surface area contributed by atoms with Crippen molar-refractivity contribution in [2.75, 3.05) is 19.5 Å². The average Bonchev–Trinajstić information content (AvgIpc) is 2.74. The maximum absolute atomic E-state index is 5.85. The number of aromatic nitrogens is 1. The molecule has 0 aliphatic rings. The average molecular weight is 220 g/mol. The van der Waals surface area contributed by atoms with Gasteiger partial charge in [-0.15, -0.1) is 0 Å². The van der Waals surface area contributed by atoms with Crippen molar-refractivity contribution in [3.05, 3.63) is 30.5 Å². The fourth-order valence-electron chi connectivity index (χ4n) is 1.63. The summed E-state index contributed by atoms with van der Waals surface area (Å²) < 4.78 is 7.19. The van der Waals surface area contributed by atoms with Crippen LogP contribution in [-0.4, -0.2) is 18.3 Å². The topological polar surface area (TPSA) is 40.2 Å². The number of nitrogen functional groups attached to an aromatic ring is 1. The van der Waals surface area contributed by atoms with E-state index in [0.717, 1.165) is 24.2 Å². The van der Waals surface area contributed by atoms with Crippen molar-refractivity contribution in [1.82, 2.24) is 4.57 Å². The molecule has 0 atom stereocenters. The summed E-state index contributed by atoms with van der Waals surface area (Å²) in [4.78, 5) is 0. The lowest BCUT2D eigenvalue weighted by Crippen LogP contribution is -2.02. The summed E-state index contributed by atoms with van der Waals surface area (Å²) in [6, 6.07) is 8.01. The van der Waals surface area contributed by atoms with Gasteiger partial charge in [0.05, 0.1) is 12.1 Å². The number of methoxy groups -OCH3 is 1. The van der Waals surface area contributed by atoms with Gasteiger partial charge < -0.3 is 15.0 Å². The van der Waals surface area contributed by atoms with Crippen LogP contribution in [0.2, 0.25) is 0 Å². The van der Waals surface area contributed by atoms with Crippen LogP contribution in [0.3, 0.4) is 0 Å². The molecule has 0 fully saturated rings. The Labute approximate surface area is 96.8 Å². The zero-order chi connectivity index (χ0) is 12.0. The van der Waals surface area contributed by atoms with Crippen LogP contribution in [0.1, 0.15) is 13.8 Å². The molecule has 0 radical (unpaired) electrons. The molecule has 16 heavy (non-hydrogen) atoms. The summed E-state index contributed by atoms with van der Waals surface area (Å²) in [7, 11) is 1.71. The van der Waals surface area contributed by atoms with Crippen LogP contribution in [0.15, 0.2) is 30.5 Å². The second kappa shape index (κ2) is 6.18. The first-order valence-corrected chi connectivity index (χ1v) is 5.65. The van der Waals surface area contributed by atoms with E-state index in [-0.39, 0.29) is 0 Å². The summed E-state index contributed by atoms with van der Waals surface area (Å²) in [6.07, 6.45) is 2.04. The third kappa shape index (κ3) is 2.55. The summed E-state index contributed by atoms with van der Waals surface area (Å²) in [6.45, 7) is 5.59. The zero-order valence-corrected chi connectivity index (χ0v) is 10.2. The first-order chi connectivity index (χ1) is 7.83. The van der Waals surface area contributed by atoms with Gasteiger partial charge in [0, 0.05) is 30.9 Å². The molecule has 0 aliphatic heterocycles. The van der Waals surface area contributed by atoms with E-state index in [1.165, 1.54) is 5.52 Å². The van der Waals surface area contributed by atoms with Crippen molar-refractivity contribution >= 4 is 16.6 Å². The Morgan fingerprint density at radius 1 is 1.25 bits per heavy atom. The Kier molecular flexibility index (Phi) is 4.86. The highest BCUT2D eigenvalue weighted by Crippen LogP contribution is 2.21. The first kappa shape index (κ1) is 12.6. The summed E-state index contributed by atoms with van der Waals surface area (Å²) in [5, 5.41) is 1.11. The first-order valence-electron chi connectivity index (χ1n) is 5.65. The lowest BCUT2D eigenvalue weighted by molar-refractivity contribution is 0.188. The van der Waals surface area contributed by atoms with E-state index in [1.807, 2.05) is 38.2 Å². The van der Waals surface area contributed by atoms with Gasteiger partial charge in [0.15, 0.2) is 0 Å². The maximum atomic E-state index is 5.85. The molecule has 0 saturated heterocycles. The van der Waals surface area contributed by atoms with Gasteiger partial charge in [-0.1, -0.05) is 19.9 Å². The zero-order valence-electron chi connectivity index (χ0n) is 10.2. The molecule has 0 unspecified atom stereocenters. The molecule has 0 amide bonds. The van der Waals surface area contributed by atoms with Crippen LogP contribution in [0.5, 0.6) is 0 Å². The normalized spacial score (nSPS) is 9.94. The predicted octanol–water partition coefficient (Wildman–Crippen LogP) is 2.90. The summed E-state index contributed by atoms with van der Waals surface area (Å²) in [5.41, 5.74) is 7.85. The van der Waals surface area contributed by atoms with Crippen LogP contribution >= 0.6 is 0 Å². The number of rotatable bonds is 3. The predicted molar refractivity (Wildman–Crippen MR) is 69.6 cm³/mol. The number of fused-ring (bicyclic) bond motifs is 1. The third-order valence-electron chi connectivity index (χ3n) is 2.38. The second-order valence-corrected chi connectivity index (χ2v) is 3.28. The molecule has 3 nitrogen and oxygen atoms in total. The van der Waals surface area contributed by atoms with Crippen molar-refractivity contribution in [2.24, 2.45) is 0 Å². The number of anilines is 1. The number of nitrogens with zero attached hydrogens (tertiary/aromatic N) is 1. The Hall–Kier alpha value is -1.48. The van der Waals surface area contributed by atoms with E-state index < -0.39 is 0 Å². The van der Waals surface area contributed by atoms with Gasteiger partial charge in [0.25, 0.3) is 0 Å². The molecule has 0 bridgehead atoms. The lowest BCUT2D eigenvalue weighted by Gasteiger charge is -2.04. The van der Waals surface area contributed by atoms with Crippen molar-refractivity contribution in [1.29, 1.82) is 0 Å². The van der Waals surface area contributed by atoms with Crippen molar-refractivity contribution in [3.8, 4) is 0 Å². The largest absolute Gasteiger partial charge is 0.398 e. The van der Waals surface area contributed by atoms with Crippen LogP contribution in [0, 0.1) is 0 Å². The van der Waals surface area contributed by atoms with Crippen molar-refractivity contribution in [2.45, 2.75) is 20.4 Å². The monoisotopic (exact) mass is 220 g/mol.